The molecule has 2 unspecified atom stereocenters. The Morgan fingerprint density at radius 3 is 0.912 bits per heavy atom. The number of carbonyl (C=O) groups excluding carboxylic acids is 3. The molecule has 338 valence electrons. The lowest BCUT2D eigenvalue weighted by Gasteiger charge is -2.18. The summed E-state index contributed by atoms with van der Waals surface area (Å²) in [5.41, 5.74) is 0. The number of rotatable bonds is 45. The molecule has 0 aliphatic rings. The second kappa shape index (κ2) is 44.0. The third-order valence-corrected chi connectivity index (χ3v) is 12.2. The third-order valence-electron chi connectivity index (χ3n) is 12.2. The van der Waals surface area contributed by atoms with Gasteiger partial charge < -0.3 is 14.2 Å². The minimum absolute atomic E-state index is 0.0653. The largest absolute Gasteiger partial charge is 0.462 e. The molecule has 0 heterocycles. The fraction of sp³-hybridized carbons (Fsp3) is 0.941. The molecule has 57 heavy (non-hydrogen) atoms. The predicted octanol–water partition coefficient (Wildman–Crippen LogP) is 16.1. The topological polar surface area (TPSA) is 78.9 Å². The van der Waals surface area contributed by atoms with E-state index in [1.165, 1.54) is 167 Å². The highest BCUT2D eigenvalue weighted by molar-refractivity contribution is 5.71. The number of carbonyl (C=O) groups is 3. The number of unbranched alkanes of at least 4 members (excludes halogenated alkanes) is 28. The number of hydrogen-bond acceptors (Lipinski definition) is 6. The van der Waals surface area contributed by atoms with Crippen LogP contribution in [-0.4, -0.2) is 37.2 Å². The van der Waals surface area contributed by atoms with Gasteiger partial charge in [0.25, 0.3) is 0 Å². The monoisotopic (exact) mass is 807 g/mol. The first-order valence-electron chi connectivity index (χ1n) is 25.3. The van der Waals surface area contributed by atoms with Crippen molar-refractivity contribution in [1.29, 1.82) is 0 Å². The summed E-state index contributed by atoms with van der Waals surface area (Å²) in [6.07, 6.45) is 43.7. The van der Waals surface area contributed by atoms with E-state index in [0.29, 0.717) is 19.3 Å². The molecule has 0 fully saturated rings. The maximum atomic E-state index is 12.8. The Balaban J connectivity index is 4.30. The number of ether oxygens (including phenoxy) is 3. The van der Waals surface area contributed by atoms with E-state index in [2.05, 4.69) is 34.6 Å². The molecule has 0 radical (unpaired) electrons. The van der Waals surface area contributed by atoms with E-state index >= 15 is 0 Å². The SMILES string of the molecule is CCCCCCCCCCCCCCCCCCCC(=O)O[C@@H](COC(=O)CCCCCCCCCCC(C)CC)COC(=O)CCCCCCCCC(C)CC. The molecule has 0 aromatic carbocycles. The maximum absolute atomic E-state index is 12.8. The van der Waals surface area contributed by atoms with Gasteiger partial charge in [0.15, 0.2) is 6.10 Å². The van der Waals surface area contributed by atoms with Crippen LogP contribution in [0.1, 0.15) is 279 Å². The average Bonchev–Trinajstić information content (AvgIpc) is 3.21. The standard InChI is InChI=1S/C51H98O6/c1-6-9-10-11-12-13-14-15-16-17-18-19-20-21-26-33-38-43-51(54)57-48(45-56-50(53)42-37-32-28-27-30-35-40-47(5)8-3)44-55-49(52)41-36-31-25-23-22-24-29-34-39-46(4)7-2/h46-48H,6-45H2,1-5H3/t46?,47?,48-/m0/s1. The second-order valence-corrected chi connectivity index (χ2v) is 17.9. The summed E-state index contributed by atoms with van der Waals surface area (Å²) in [5.74, 6) is 0.807. The van der Waals surface area contributed by atoms with E-state index < -0.39 is 6.10 Å². The highest BCUT2D eigenvalue weighted by Gasteiger charge is 2.19. The summed E-state index contributed by atoms with van der Waals surface area (Å²) in [7, 11) is 0. The van der Waals surface area contributed by atoms with E-state index in [1.54, 1.807) is 0 Å². The van der Waals surface area contributed by atoms with Crippen LogP contribution < -0.4 is 0 Å². The van der Waals surface area contributed by atoms with Gasteiger partial charge in [-0.25, -0.2) is 0 Å². The lowest BCUT2D eigenvalue weighted by molar-refractivity contribution is -0.167. The summed E-state index contributed by atoms with van der Waals surface area (Å²) < 4.78 is 16.8. The Kier molecular flexibility index (Phi) is 42.7. The maximum Gasteiger partial charge on any atom is 0.306 e. The smallest absolute Gasteiger partial charge is 0.306 e. The number of esters is 3. The van der Waals surface area contributed by atoms with Crippen molar-refractivity contribution in [2.75, 3.05) is 13.2 Å². The van der Waals surface area contributed by atoms with Crippen LogP contribution in [0.3, 0.4) is 0 Å². The Labute approximate surface area is 355 Å². The van der Waals surface area contributed by atoms with Gasteiger partial charge in [0, 0.05) is 19.3 Å². The molecule has 0 bridgehead atoms. The third kappa shape index (κ3) is 42.3. The average molecular weight is 807 g/mol. The van der Waals surface area contributed by atoms with E-state index in [0.717, 1.165) is 69.6 Å². The zero-order valence-electron chi connectivity index (χ0n) is 39.0. The van der Waals surface area contributed by atoms with Crippen LogP contribution in [0.5, 0.6) is 0 Å². The number of hydrogen-bond donors (Lipinski definition) is 0. The van der Waals surface area contributed by atoms with Crippen molar-refractivity contribution < 1.29 is 28.6 Å². The fourth-order valence-corrected chi connectivity index (χ4v) is 7.57. The first kappa shape index (κ1) is 55.4. The molecule has 0 amide bonds. The molecule has 0 aliphatic carbocycles. The summed E-state index contributed by atoms with van der Waals surface area (Å²) in [6.45, 7) is 11.3. The summed E-state index contributed by atoms with van der Waals surface area (Å²) in [6, 6.07) is 0. The van der Waals surface area contributed by atoms with Gasteiger partial charge in [0.1, 0.15) is 13.2 Å². The Hall–Kier alpha value is -1.59. The van der Waals surface area contributed by atoms with Gasteiger partial charge in [0.05, 0.1) is 0 Å². The lowest BCUT2D eigenvalue weighted by atomic mass is 9.99. The first-order valence-corrected chi connectivity index (χ1v) is 25.3. The highest BCUT2D eigenvalue weighted by atomic mass is 16.6. The molecule has 3 atom stereocenters. The van der Waals surface area contributed by atoms with Crippen LogP contribution in [0.15, 0.2) is 0 Å². The molecular formula is C51H98O6. The quantitative estimate of drug-likeness (QED) is 0.0346. The van der Waals surface area contributed by atoms with E-state index in [9.17, 15) is 14.4 Å². The van der Waals surface area contributed by atoms with Gasteiger partial charge in [-0.15, -0.1) is 0 Å². The minimum atomic E-state index is -0.762. The van der Waals surface area contributed by atoms with Crippen molar-refractivity contribution in [2.45, 2.75) is 285 Å². The van der Waals surface area contributed by atoms with Crippen molar-refractivity contribution in [3.8, 4) is 0 Å². The summed E-state index contributed by atoms with van der Waals surface area (Å²) in [4.78, 5) is 37.9. The van der Waals surface area contributed by atoms with Crippen LogP contribution >= 0.6 is 0 Å². The van der Waals surface area contributed by atoms with Crippen molar-refractivity contribution in [3.05, 3.63) is 0 Å². The van der Waals surface area contributed by atoms with E-state index in [4.69, 9.17) is 14.2 Å². The van der Waals surface area contributed by atoms with Gasteiger partial charge >= 0.3 is 17.9 Å². The van der Waals surface area contributed by atoms with Crippen LogP contribution in [0, 0.1) is 11.8 Å². The van der Waals surface area contributed by atoms with E-state index in [-0.39, 0.29) is 31.1 Å². The van der Waals surface area contributed by atoms with Crippen LogP contribution in [0.25, 0.3) is 0 Å². The van der Waals surface area contributed by atoms with E-state index in [1.807, 2.05) is 0 Å². The summed E-state index contributed by atoms with van der Waals surface area (Å²) in [5, 5.41) is 0. The Morgan fingerprint density at radius 1 is 0.351 bits per heavy atom. The predicted molar refractivity (Wildman–Crippen MR) is 243 cm³/mol. The van der Waals surface area contributed by atoms with Crippen LogP contribution in [0.2, 0.25) is 0 Å². The molecule has 0 aliphatic heterocycles. The molecule has 0 rings (SSSR count). The molecule has 6 heteroatoms. The van der Waals surface area contributed by atoms with Gasteiger partial charge in [-0.05, 0) is 31.1 Å². The van der Waals surface area contributed by atoms with Crippen LogP contribution in [-0.2, 0) is 28.6 Å². The van der Waals surface area contributed by atoms with Crippen molar-refractivity contribution in [1.82, 2.24) is 0 Å². The molecule has 0 saturated carbocycles. The highest BCUT2D eigenvalue weighted by Crippen LogP contribution is 2.18. The van der Waals surface area contributed by atoms with Crippen molar-refractivity contribution in [2.24, 2.45) is 11.8 Å². The van der Waals surface area contributed by atoms with Crippen LogP contribution in [0.4, 0.5) is 0 Å². The normalized spacial score (nSPS) is 13.0. The second-order valence-electron chi connectivity index (χ2n) is 17.9. The minimum Gasteiger partial charge on any atom is -0.462 e. The molecule has 6 nitrogen and oxygen atoms in total. The first-order chi connectivity index (χ1) is 27.8. The van der Waals surface area contributed by atoms with Gasteiger partial charge in [-0.1, -0.05) is 240 Å². The van der Waals surface area contributed by atoms with Gasteiger partial charge in [0.2, 0.25) is 0 Å². The molecule has 0 aromatic rings. The Bertz CT molecular complexity index is 874. The zero-order valence-corrected chi connectivity index (χ0v) is 39.0. The molecule has 0 saturated heterocycles. The van der Waals surface area contributed by atoms with Gasteiger partial charge in [-0.2, -0.15) is 0 Å². The molecule has 0 spiro atoms. The lowest BCUT2D eigenvalue weighted by Crippen LogP contribution is -2.30. The molecule has 0 N–H and O–H groups in total. The van der Waals surface area contributed by atoms with Crippen molar-refractivity contribution >= 4 is 17.9 Å². The van der Waals surface area contributed by atoms with Crippen molar-refractivity contribution in [3.63, 3.8) is 0 Å². The fourth-order valence-electron chi connectivity index (χ4n) is 7.57. The Morgan fingerprint density at radius 2 is 0.614 bits per heavy atom. The summed E-state index contributed by atoms with van der Waals surface area (Å²) >= 11 is 0. The van der Waals surface area contributed by atoms with Gasteiger partial charge in [-0.3, -0.25) is 14.4 Å². The molecule has 0 aromatic heterocycles. The zero-order chi connectivity index (χ0) is 41.9. The molecular weight excluding hydrogens is 709 g/mol.